The largest absolute Gasteiger partial charge is 0.375 e. The molecule has 3 heteroatoms. The van der Waals surface area contributed by atoms with Crippen molar-refractivity contribution in [3.63, 3.8) is 0 Å². The molecule has 95 valence electrons. The standard InChI is InChI=1S/C17H13N2.Y/c1-4-15-10-11-17(19(5-2)13(15)3)16-8-6-14(12-18)7-9-16;/h1,6-10H,3,5H2,2H3;/q-1;. The van der Waals surface area contributed by atoms with Crippen molar-refractivity contribution in [3.8, 4) is 18.4 Å². The van der Waals surface area contributed by atoms with Crippen LogP contribution in [0.25, 0.3) is 5.70 Å². The first-order valence-corrected chi connectivity index (χ1v) is 5.99. The van der Waals surface area contributed by atoms with Gasteiger partial charge < -0.3 is 4.90 Å². The number of likely N-dealkylation sites (N-methyl/N-ethyl adjacent to an activating group) is 1. The van der Waals surface area contributed by atoms with Crippen LogP contribution in [0.2, 0.25) is 0 Å². The van der Waals surface area contributed by atoms with Gasteiger partial charge in [-0.05, 0) is 12.6 Å². The summed E-state index contributed by atoms with van der Waals surface area (Å²) < 4.78 is 0. The Kier molecular flexibility index (Phi) is 5.96. The SMILES string of the molecule is C#CC1=C[C-]=C(c2ccc(C#N)cc2)N(CC)C1=C.[Y]. The fraction of sp³-hybridized carbons (Fsp3) is 0.118. The number of allylic oxidation sites excluding steroid dienone is 3. The quantitative estimate of drug-likeness (QED) is 0.614. The molecular formula is C17H13N2Y-. The minimum absolute atomic E-state index is 0. The van der Waals surface area contributed by atoms with Crippen LogP contribution in [0.5, 0.6) is 0 Å². The topological polar surface area (TPSA) is 27.0 Å². The Labute approximate surface area is 145 Å². The molecule has 1 aliphatic rings. The molecule has 0 fully saturated rings. The van der Waals surface area contributed by atoms with Crippen LogP contribution in [0, 0.1) is 29.8 Å². The van der Waals surface area contributed by atoms with Crippen LogP contribution in [0.4, 0.5) is 0 Å². The third-order valence-electron chi connectivity index (χ3n) is 3.02. The van der Waals surface area contributed by atoms with Crippen molar-refractivity contribution in [2.24, 2.45) is 0 Å². The molecule has 0 spiro atoms. The van der Waals surface area contributed by atoms with E-state index in [-0.39, 0.29) is 32.7 Å². The maximum Gasteiger partial charge on any atom is 0.0990 e. The molecule has 0 bridgehead atoms. The Morgan fingerprint density at radius 2 is 2.00 bits per heavy atom. The van der Waals surface area contributed by atoms with Gasteiger partial charge in [-0.15, -0.1) is 24.5 Å². The molecule has 0 aromatic heterocycles. The van der Waals surface area contributed by atoms with Gasteiger partial charge in [0.05, 0.1) is 6.07 Å². The molecule has 1 aliphatic heterocycles. The summed E-state index contributed by atoms with van der Waals surface area (Å²) in [4.78, 5) is 2.02. The smallest absolute Gasteiger partial charge is 0.0990 e. The van der Waals surface area contributed by atoms with Gasteiger partial charge in [0.25, 0.3) is 0 Å². The Balaban J connectivity index is 0.00000200. The van der Waals surface area contributed by atoms with E-state index in [4.69, 9.17) is 11.7 Å². The van der Waals surface area contributed by atoms with Gasteiger partial charge in [-0.2, -0.15) is 17.4 Å². The van der Waals surface area contributed by atoms with Crippen LogP contribution in [-0.2, 0) is 32.7 Å². The molecule has 1 aromatic carbocycles. The van der Waals surface area contributed by atoms with E-state index < -0.39 is 0 Å². The van der Waals surface area contributed by atoms with Gasteiger partial charge in [0.1, 0.15) is 0 Å². The zero-order chi connectivity index (χ0) is 13.8. The summed E-state index contributed by atoms with van der Waals surface area (Å²) in [6.07, 6.45) is 10.4. The van der Waals surface area contributed by atoms with Gasteiger partial charge in [-0.25, -0.2) is 0 Å². The van der Waals surface area contributed by atoms with Gasteiger partial charge in [0.2, 0.25) is 0 Å². The number of rotatable bonds is 2. The van der Waals surface area contributed by atoms with Crippen molar-refractivity contribution in [1.29, 1.82) is 5.26 Å². The van der Waals surface area contributed by atoms with E-state index in [1.54, 1.807) is 18.2 Å². The van der Waals surface area contributed by atoms with Crippen molar-refractivity contribution in [2.45, 2.75) is 6.92 Å². The van der Waals surface area contributed by atoms with Crippen LogP contribution in [-0.4, -0.2) is 11.4 Å². The van der Waals surface area contributed by atoms with E-state index >= 15 is 0 Å². The number of nitrogens with zero attached hydrogens (tertiary/aromatic N) is 2. The van der Waals surface area contributed by atoms with Crippen molar-refractivity contribution >= 4 is 5.70 Å². The number of terminal acetylenes is 1. The van der Waals surface area contributed by atoms with Gasteiger partial charge in [-0.3, -0.25) is 0 Å². The molecule has 0 saturated heterocycles. The zero-order valence-electron chi connectivity index (χ0n) is 11.4. The summed E-state index contributed by atoms with van der Waals surface area (Å²) in [7, 11) is 0. The number of nitriles is 1. The second-order valence-electron chi connectivity index (χ2n) is 4.08. The Morgan fingerprint density at radius 1 is 1.35 bits per heavy atom. The third-order valence-corrected chi connectivity index (χ3v) is 3.02. The summed E-state index contributed by atoms with van der Waals surface area (Å²) in [5.41, 5.74) is 4.12. The summed E-state index contributed by atoms with van der Waals surface area (Å²) in [5, 5.41) is 8.82. The summed E-state index contributed by atoms with van der Waals surface area (Å²) in [6, 6.07) is 9.51. The maximum absolute atomic E-state index is 8.82. The Morgan fingerprint density at radius 3 is 2.50 bits per heavy atom. The van der Waals surface area contributed by atoms with Crippen molar-refractivity contribution in [2.75, 3.05) is 6.54 Å². The van der Waals surface area contributed by atoms with Crippen molar-refractivity contribution in [3.05, 3.63) is 65.4 Å². The predicted molar refractivity (Wildman–Crippen MR) is 76.2 cm³/mol. The van der Waals surface area contributed by atoms with Crippen LogP contribution in [0.1, 0.15) is 18.1 Å². The molecule has 0 unspecified atom stereocenters. The summed E-state index contributed by atoms with van der Waals surface area (Å²) in [5.74, 6) is 2.61. The third kappa shape index (κ3) is 3.10. The van der Waals surface area contributed by atoms with Crippen LogP contribution >= 0.6 is 0 Å². The first-order chi connectivity index (χ1) is 9.21. The molecule has 20 heavy (non-hydrogen) atoms. The molecule has 0 atom stereocenters. The molecule has 0 aliphatic carbocycles. The van der Waals surface area contributed by atoms with Crippen LogP contribution < -0.4 is 0 Å². The fourth-order valence-corrected chi connectivity index (χ4v) is 2.00. The average Bonchev–Trinajstić information content (AvgIpc) is 2.47. The van der Waals surface area contributed by atoms with E-state index in [9.17, 15) is 0 Å². The van der Waals surface area contributed by atoms with Gasteiger partial charge in [0.15, 0.2) is 0 Å². The molecule has 0 N–H and O–H groups in total. The number of hydrogen-bond acceptors (Lipinski definition) is 2. The predicted octanol–water partition coefficient (Wildman–Crippen LogP) is 3.11. The minimum atomic E-state index is 0. The summed E-state index contributed by atoms with van der Waals surface area (Å²) in [6.45, 7) is 6.83. The van der Waals surface area contributed by atoms with Gasteiger partial charge >= 0.3 is 0 Å². The maximum atomic E-state index is 8.82. The monoisotopic (exact) mass is 334 g/mol. The van der Waals surface area contributed by atoms with Gasteiger partial charge in [0, 0.05) is 44.8 Å². The molecule has 1 aromatic rings. The fourth-order valence-electron chi connectivity index (χ4n) is 2.00. The van der Waals surface area contributed by atoms with Crippen LogP contribution in [0.3, 0.4) is 0 Å². The molecule has 1 radical (unpaired) electrons. The van der Waals surface area contributed by atoms with E-state index in [1.807, 2.05) is 24.0 Å². The normalized spacial score (nSPS) is 13.6. The summed E-state index contributed by atoms with van der Waals surface area (Å²) >= 11 is 0. The molecule has 2 rings (SSSR count). The molecule has 0 saturated carbocycles. The molecule has 2 nitrogen and oxygen atoms in total. The van der Waals surface area contributed by atoms with Crippen molar-refractivity contribution in [1.82, 2.24) is 4.90 Å². The molecule has 1 heterocycles. The van der Waals surface area contributed by atoms with Crippen LogP contribution in [0.15, 0.2) is 48.2 Å². The van der Waals surface area contributed by atoms with E-state index in [2.05, 4.69) is 24.6 Å². The van der Waals surface area contributed by atoms with E-state index in [1.165, 1.54) is 0 Å². The van der Waals surface area contributed by atoms with Crippen molar-refractivity contribution < 1.29 is 32.7 Å². The molecular weight excluding hydrogens is 321 g/mol. The Bertz CT molecular complexity index is 652. The molecule has 0 amide bonds. The van der Waals surface area contributed by atoms with E-state index in [0.717, 1.165) is 29.1 Å². The average molecular weight is 334 g/mol. The first-order valence-electron chi connectivity index (χ1n) is 5.99. The zero-order valence-corrected chi connectivity index (χ0v) is 14.2. The van der Waals surface area contributed by atoms with Gasteiger partial charge in [-0.1, -0.05) is 35.5 Å². The second-order valence-corrected chi connectivity index (χ2v) is 4.08. The number of hydrogen-bond donors (Lipinski definition) is 0. The van der Waals surface area contributed by atoms with E-state index in [0.29, 0.717) is 5.56 Å². The minimum Gasteiger partial charge on any atom is -0.375 e. The second kappa shape index (κ2) is 7.25. The number of benzene rings is 1. The Hall–Kier alpha value is -1.61. The first kappa shape index (κ1) is 16.4.